The molecular weight excluding hydrogens is 172 g/mol. The van der Waals surface area contributed by atoms with E-state index < -0.39 is 23.8 Å². The average molecular weight is 184 g/mol. The topological polar surface area (TPSA) is 74.6 Å². The van der Waals surface area contributed by atoms with Crippen LogP contribution in [0.15, 0.2) is 11.6 Å². The van der Waals surface area contributed by atoms with Crippen LogP contribution in [0.25, 0.3) is 0 Å². The van der Waals surface area contributed by atoms with Crippen molar-refractivity contribution < 1.29 is 19.8 Å². The Balaban J connectivity index is 2.88. The third-order valence-corrected chi connectivity index (χ3v) is 2.35. The van der Waals surface area contributed by atoms with Gasteiger partial charge in [-0.2, -0.15) is 0 Å². The number of carboxylic acid groups (broad SMARTS) is 2. The van der Waals surface area contributed by atoms with Crippen LogP contribution in [0.5, 0.6) is 0 Å². The molecule has 4 nitrogen and oxygen atoms in total. The summed E-state index contributed by atoms with van der Waals surface area (Å²) in [7, 11) is 0. The Kier molecular flexibility index (Phi) is 2.70. The molecule has 2 atom stereocenters. The Morgan fingerprint density at radius 3 is 2.46 bits per heavy atom. The van der Waals surface area contributed by atoms with Gasteiger partial charge in [0, 0.05) is 0 Å². The van der Waals surface area contributed by atoms with Crippen molar-refractivity contribution in [3.8, 4) is 0 Å². The van der Waals surface area contributed by atoms with Crippen LogP contribution >= 0.6 is 0 Å². The first-order valence-corrected chi connectivity index (χ1v) is 4.15. The van der Waals surface area contributed by atoms with Gasteiger partial charge in [-0.3, -0.25) is 9.59 Å². The van der Waals surface area contributed by atoms with Gasteiger partial charge in [-0.1, -0.05) is 11.6 Å². The maximum atomic E-state index is 10.7. The lowest BCUT2D eigenvalue weighted by Crippen LogP contribution is -2.30. The largest absolute Gasteiger partial charge is 0.481 e. The first-order valence-electron chi connectivity index (χ1n) is 4.15. The van der Waals surface area contributed by atoms with E-state index in [4.69, 9.17) is 10.2 Å². The third-order valence-electron chi connectivity index (χ3n) is 2.35. The van der Waals surface area contributed by atoms with Gasteiger partial charge >= 0.3 is 11.9 Å². The second-order valence-electron chi connectivity index (χ2n) is 3.36. The predicted octanol–water partition coefficient (Wildman–Crippen LogP) is 1.13. The molecule has 0 aliphatic heterocycles. The molecule has 1 aliphatic carbocycles. The zero-order valence-corrected chi connectivity index (χ0v) is 7.36. The Morgan fingerprint density at radius 2 is 2.00 bits per heavy atom. The second kappa shape index (κ2) is 3.60. The standard InChI is InChI=1S/C9H12O4/c1-5-2-3-6(8(10)11)7(4-5)9(12)13/h4,6-7H,2-3H2,1H3,(H,10,11)(H,12,13). The molecule has 0 saturated carbocycles. The minimum Gasteiger partial charge on any atom is -0.481 e. The van der Waals surface area contributed by atoms with Crippen molar-refractivity contribution in [2.75, 3.05) is 0 Å². The van der Waals surface area contributed by atoms with Gasteiger partial charge in [0.25, 0.3) is 0 Å². The van der Waals surface area contributed by atoms with Gasteiger partial charge in [-0.25, -0.2) is 0 Å². The van der Waals surface area contributed by atoms with E-state index in [9.17, 15) is 9.59 Å². The quantitative estimate of drug-likeness (QED) is 0.631. The van der Waals surface area contributed by atoms with Gasteiger partial charge in [-0.05, 0) is 19.8 Å². The minimum atomic E-state index is -1.05. The van der Waals surface area contributed by atoms with Crippen molar-refractivity contribution in [2.45, 2.75) is 19.8 Å². The number of hydrogen-bond donors (Lipinski definition) is 2. The van der Waals surface area contributed by atoms with E-state index in [2.05, 4.69) is 0 Å². The molecule has 2 unspecified atom stereocenters. The smallest absolute Gasteiger partial charge is 0.311 e. The van der Waals surface area contributed by atoms with Gasteiger partial charge < -0.3 is 10.2 Å². The van der Waals surface area contributed by atoms with Crippen LogP contribution in [-0.4, -0.2) is 22.2 Å². The van der Waals surface area contributed by atoms with E-state index in [0.29, 0.717) is 12.8 Å². The number of rotatable bonds is 2. The lowest BCUT2D eigenvalue weighted by atomic mass is 9.81. The number of hydrogen-bond acceptors (Lipinski definition) is 2. The van der Waals surface area contributed by atoms with Crippen LogP contribution in [0.4, 0.5) is 0 Å². The van der Waals surface area contributed by atoms with E-state index in [0.717, 1.165) is 5.57 Å². The molecule has 0 saturated heterocycles. The fourth-order valence-corrected chi connectivity index (χ4v) is 1.59. The Bertz CT molecular complexity index is 267. The zero-order chi connectivity index (χ0) is 10.0. The van der Waals surface area contributed by atoms with Crippen LogP contribution in [0.3, 0.4) is 0 Å². The molecule has 0 radical (unpaired) electrons. The lowest BCUT2D eigenvalue weighted by Gasteiger charge is -2.22. The summed E-state index contributed by atoms with van der Waals surface area (Å²) in [5.41, 5.74) is 0.963. The van der Waals surface area contributed by atoms with Crippen LogP contribution in [-0.2, 0) is 9.59 Å². The molecule has 2 N–H and O–H groups in total. The van der Waals surface area contributed by atoms with E-state index in [1.165, 1.54) is 0 Å². The van der Waals surface area contributed by atoms with Crippen molar-refractivity contribution in [3.05, 3.63) is 11.6 Å². The predicted molar refractivity (Wildman–Crippen MR) is 45.2 cm³/mol. The molecule has 0 fully saturated rings. The number of carboxylic acids is 2. The molecule has 13 heavy (non-hydrogen) atoms. The maximum absolute atomic E-state index is 10.7. The van der Waals surface area contributed by atoms with Crippen molar-refractivity contribution in [1.29, 1.82) is 0 Å². The summed E-state index contributed by atoms with van der Waals surface area (Å²) in [6, 6.07) is 0. The highest BCUT2D eigenvalue weighted by Crippen LogP contribution is 2.28. The van der Waals surface area contributed by atoms with E-state index in [1.54, 1.807) is 6.08 Å². The summed E-state index contributed by atoms with van der Waals surface area (Å²) in [6.07, 6.45) is 2.65. The highest BCUT2D eigenvalue weighted by atomic mass is 16.4. The van der Waals surface area contributed by atoms with Gasteiger partial charge in [0.1, 0.15) is 0 Å². The molecule has 0 bridgehead atoms. The zero-order valence-electron chi connectivity index (χ0n) is 7.36. The molecule has 0 spiro atoms. The Hall–Kier alpha value is -1.32. The summed E-state index contributed by atoms with van der Waals surface area (Å²) in [5, 5.41) is 17.5. The monoisotopic (exact) mass is 184 g/mol. The first-order chi connectivity index (χ1) is 6.02. The fraction of sp³-hybridized carbons (Fsp3) is 0.556. The summed E-state index contributed by atoms with van der Waals surface area (Å²) in [4.78, 5) is 21.4. The molecule has 1 aliphatic rings. The molecule has 0 heterocycles. The van der Waals surface area contributed by atoms with Gasteiger partial charge in [-0.15, -0.1) is 0 Å². The number of aliphatic carboxylic acids is 2. The molecule has 0 aromatic heterocycles. The normalized spacial score (nSPS) is 27.9. The number of carbonyl (C=O) groups is 2. The van der Waals surface area contributed by atoms with E-state index in [1.807, 2.05) is 6.92 Å². The Labute approximate surface area is 75.9 Å². The van der Waals surface area contributed by atoms with Gasteiger partial charge in [0.15, 0.2) is 0 Å². The average Bonchev–Trinajstić information content (AvgIpc) is 2.03. The first kappa shape index (κ1) is 9.77. The highest BCUT2D eigenvalue weighted by Gasteiger charge is 2.34. The molecule has 0 aromatic rings. The van der Waals surface area contributed by atoms with Crippen LogP contribution in [0.1, 0.15) is 19.8 Å². The van der Waals surface area contributed by atoms with Crippen molar-refractivity contribution >= 4 is 11.9 Å². The SMILES string of the molecule is CC1=CC(C(=O)O)C(C(=O)O)CC1. The fourth-order valence-electron chi connectivity index (χ4n) is 1.59. The van der Waals surface area contributed by atoms with Crippen LogP contribution in [0.2, 0.25) is 0 Å². The summed E-state index contributed by atoms with van der Waals surface area (Å²) in [5.74, 6) is -3.69. The van der Waals surface area contributed by atoms with Crippen LogP contribution in [0, 0.1) is 11.8 Å². The number of allylic oxidation sites excluding steroid dienone is 1. The molecule has 4 heteroatoms. The van der Waals surface area contributed by atoms with Crippen molar-refractivity contribution in [2.24, 2.45) is 11.8 Å². The van der Waals surface area contributed by atoms with E-state index in [-0.39, 0.29) is 0 Å². The minimum absolute atomic E-state index is 0.425. The van der Waals surface area contributed by atoms with Crippen LogP contribution < -0.4 is 0 Å². The molecular formula is C9H12O4. The molecule has 0 aromatic carbocycles. The maximum Gasteiger partial charge on any atom is 0.311 e. The summed E-state index contributed by atoms with van der Waals surface area (Å²) >= 11 is 0. The summed E-state index contributed by atoms with van der Waals surface area (Å²) in [6.45, 7) is 1.83. The molecule has 1 rings (SSSR count). The van der Waals surface area contributed by atoms with E-state index >= 15 is 0 Å². The molecule has 0 amide bonds. The second-order valence-corrected chi connectivity index (χ2v) is 3.36. The molecule has 72 valence electrons. The third kappa shape index (κ3) is 2.08. The summed E-state index contributed by atoms with van der Waals surface area (Å²) < 4.78 is 0. The van der Waals surface area contributed by atoms with Gasteiger partial charge in [0.05, 0.1) is 11.8 Å². The van der Waals surface area contributed by atoms with Crippen molar-refractivity contribution in [1.82, 2.24) is 0 Å². The lowest BCUT2D eigenvalue weighted by molar-refractivity contribution is -0.152. The van der Waals surface area contributed by atoms with Crippen molar-refractivity contribution in [3.63, 3.8) is 0 Å². The highest BCUT2D eigenvalue weighted by molar-refractivity contribution is 5.82. The van der Waals surface area contributed by atoms with Gasteiger partial charge in [0.2, 0.25) is 0 Å². The Morgan fingerprint density at radius 1 is 1.38 bits per heavy atom.